The number of aromatic nitrogens is 1. The smallest absolute Gasteiger partial charge is 0.233 e. The second-order valence-corrected chi connectivity index (χ2v) is 6.51. The van der Waals surface area contributed by atoms with Crippen LogP contribution in [-0.4, -0.2) is 28.1 Å². The number of thioether (sulfide) groups is 1. The Morgan fingerprint density at radius 2 is 2.27 bits per heavy atom. The molecule has 0 bridgehead atoms. The molecular formula is C16H14ClFN2OS. The van der Waals surface area contributed by atoms with Gasteiger partial charge in [0.1, 0.15) is 11.2 Å². The van der Waals surface area contributed by atoms with Crippen molar-refractivity contribution in [1.82, 2.24) is 9.88 Å². The van der Waals surface area contributed by atoms with Crippen molar-refractivity contribution in [3.63, 3.8) is 0 Å². The van der Waals surface area contributed by atoms with Gasteiger partial charge in [0.25, 0.3) is 0 Å². The van der Waals surface area contributed by atoms with Gasteiger partial charge < -0.3 is 4.90 Å². The summed E-state index contributed by atoms with van der Waals surface area (Å²) < 4.78 is 13.3. The molecule has 1 atom stereocenters. The number of nitrogens with zero attached hydrogens (tertiary/aromatic N) is 2. The Hall–Kier alpha value is -1.59. The van der Waals surface area contributed by atoms with Gasteiger partial charge in [0.2, 0.25) is 5.91 Å². The number of hydrogen-bond donors (Lipinski definition) is 0. The summed E-state index contributed by atoms with van der Waals surface area (Å²) in [6, 6.07) is 8.51. The lowest BCUT2D eigenvalue weighted by Gasteiger charge is -2.24. The maximum absolute atomic E-state index is 13.3. The molecule has 1 saturated heterocycles. The zero-order chi connectivity index (χ0) is 15.5. The third-order valence-electron chi connectivity index (χ3n) is 3.56. The molecule has 1 aliphatic rings. The number of benzene rings is 1. The number of hydrogen-bond acceptors (Lipinski definition) is 3. The molecule has 1 amide bonds. The topological polar surface area (TPSA) is 33.2 Å². The van der Waals surface area contributed by atoms with Crippen LogP contribution in [0.3, 0.4) is 0 Å². The number of carbonyl (C=O) groups is 1. The second-order valence-electron chi connectivity index (χ2n) is 5.04. The van der Waals surface area contributed by atoms with Crippen LogP contribution in [0.4, 0.5) is 4.39 Å². The third-order valence-corrected chi connectivity index (χ3v) is 5.11. The molecule has 3 nitrogen and oxygen atoms in total. The van der Waals surface area contributed by atoms with Crippen LogP contribution in [0.5, 0.6) is 0 Å². The van der Waals surface area contributed by atoms with Crippen molar-refractivity contribution in [1.29, 1.82) is 0 Å². The van der Waals surface area contributed by atoms with E-state index in [1.165, 1.54) is 6.07 Å². The van der Waals surface area contributed by atoms with Crippen molar-refractivity contribution in [2.24, 2.45) is 0 Å². The van der Waals surface area contributed by atoms with E-state index in [-0.39, 0.29) is 16.3 Å². The molecule has 2 heterocycles. The highest BCUT2D eigenvalue weighted by molar-refractivity contribution is 8.00. The van der Waals surface area contributed by atoms with Crippen LogP contribution >= 0.6 is 23.4 Å². The number of halogens is 2. The van der Waals surface area contributed by atoms with E-state index in [9.17, 15) is 9.18 Å². The Kier molecular flexibility index (Phi) is 4.64. The van der Waals surface area contributed by atoms with Gasteiger partial charge in [0, 0.05) is 18.9 Å². The van der Waals surface area contributed by atoms with Crippen LogP contribution in [-0.2, 0) is 11.2 Å². The van der Waals surface area contributed by atoms with Crippen LogP contribution in [0.1, 0.15) is 16.5 Å². The molecule has 0 saturated carbocycles. The first-order chi connectivity index (χ1) is 10.6. The lowest BCUT2D eigenvalue weighted by Crippen LogP contribution is -2.30. The van der Waals surface area contributed by atoms with Crippen molar-refractivity contribution in [3.8, 4) is 0 Å². The predicted octanol–water partition coefficient (Wildman–Crippen LogP) is 3.69. The molecule has 2 aromatic rings. The first-order valence-electron chi connectivity index (χ1n) is 6.90. The minimum atomic E-state index is -0.443. The Morgan fingerprint density at radius 1 is 1.41 bits per heavy atom. The highest BCUT2D eigenvalue weighted by Gasteiger charge is 2.32. The Labute approximate surface area is 137 Å². The summed E-state index contributed by atoms with van der Waals surface area (Å²) in [6.45, 7) is 0.608. The summed E-state index contributed by atoms with van der Waals surface area (Å²) >= 11 is 7.39. The lowest BCUT2D eigenvalue weighted by atomic mass is 10.1. The highest BCUT2D eigenvalue weighted by Crippen LogP contribution is 2.39. The number of pyridine rings is 1. The maximum Gasteiger partial charge on any atom is 0.233 e. The SMILES string of the molecule is O=C1CSC(c2ccc(F)c(Cl)c2)N1CCc1cccnc1. The molecule has 0 N–H and O–H groups in total. The standard InChI is InChI=1S/C16H14ClFN2OS/c17-13-8-12(3-4-14(13)18)16-20(15(21)10-22-16)7-5-11-2-1-6-19-9-11/h1-4,6,8-9,16H,5,7,10H2. The van der Waals surface area contributed by atoms with E-state index in [4.69, 9.17) is 11.6 Å². The number of carbonyl (C=O) groups excluding carboxylic acids is 1. The van der Waals surface area contributed by atoms with Crippen molar-refractivity contribution < 1.29 is 9.18 Å². The van der Waals surface area contributed by atoms with Gasteiger partial charge in [0.15, 0.2) is 0 Å². The summed E-state index contributed by atoms with van der Waals surface area (Å²) in [4.78, 5) is 18.0. The van der Waals surface area contributed by atoms with E-state index in [0.717, 1.165) is 17.5 Å². The maximum atomic E-state index is 13.3. The predicted molar refractivity (Wildman–Crippen MR) is 86.3 cm³/mol. The second kappa shape index (κ2) is 6.67. The third kappa shape index (κ3) is 3.25. The van der Waals surface area contributed by atoms with Gasteiger partial charge in [-0.05, 0) is 35.7 Å². The molecule has 6 heteroatoms. The largest absolute Gasteiger partial charge is 0.325 e. The normalized spacial score (nSPS) is 18.0. The molecule has 1 aromatic carbocycles. The van der Waals surface area contributed by atoms with Gasteiger partial charge in [-0.2, -0.15) is 0 Å². The van der Waals surface area contributed by atoms with E-state index in [1.54, 1.807) is 36.3 Å². The summed E-state index contributed by atoms with van der Waals surface area (Å²) in [7, 11) is 0. The van der Waals surface area contributed by atoms with E-state index >= 15 is 0 Å². The molecule has 3 rings (SSSR count). The molecule has 114 valence electrons. The van der Waals surface area contributed by atoms with Gasteiger partial charge in [-0.25, -0.2) is 4.39 Å². The molecule has 1 unspecified atom stereocenters. The zero-order valence-electron chi connectivity index (χ0n) is 11.7. The molecule has 1 fully saturated rings. The summed E-state index contributed by atoms with van der Waals surface area (Å²) in [5.41, 5.74) is 1.94. The van der Waals surface area contributed by atoms with Crippen molar-refractivity contribution in [2.45, 2.75) is 11.8 Å². The molecule has 0 aliphatic carbocycles. The quantitative estimate of drug-likeness (QED) is 0.853. The van der Waals surface area contributed by atoms with Crippen molar-refractivity contribution in [2.75, 3.05) is 12.3 Å². The Morgan fingerprint density at radius 3 is 3.00 bits per heavy atom. The molecule has 0 spiro atoms. The van der Waals surface area contributed by atoms with Gasteiger partial charge in [-0.3, -0.25) is 9.78 Å². The van der Waals surface area contributed by atoms with Crippen LogP contribution in [0.2, 0.25) is 5.02 Å². The van der Waals surface area contributed by atoms with E-state index in [0.29, 0.717) is 12.3 Å². The molecular weight excluding hydrogens is 323 g/mol. The van der Waals surface area contributed by atoms with E-state index in [1.807, 2.05) is 17.0 Å². The zero-order valence-corrected chi connectivity index (χ0v) is 13.3. The van der Waals surface area contributed by atoms with Gasteiger partial charge in [0.05, 0.1) is 10.8 Å². The molecule has 22 heavy (non-hydrogen) atoms. The summed E-state index contributed by atoms with van der Waals surface area (Å²) in [5, 5.41) is -0.0214. The Bertz CT molecular complexity index is 683. The van der Waals surface area contributed by atoms with Crippen LogP contribution in [0, 0.1) is 5.82 Å². The van der Waals surface area contributed by atoms with Crippen molar-refractivity contribution in [3.05, 3.63) is 64.7 Å². The first kappa shape index (κ1) is 15.3. The molecule has 1 aromatic heterocycles. The summed E-state index contributed by atoms with van der Waals surface area (Å²) in [5.74, 6) is 0.0909. The summed E-state index contributed by atoms with van der Waals surface area (Å²) in [6.07, 6.45) is 4.27. The molecule has 0 radical (unpaired) electrons. The Balaban J connectivity index is 1.75. The lowest BCUT2D eigenvalue weighted by molar-refractivity contribution is -0.128. The van der Waals surface area contributed by atoms with Gasteiger partial charge >= 0.3 is 0 Å². The highest BCUT2D eigenvalue weighted by atomic mass is 35.5. The van der Waals surface area contributed by atoms with Gasteiger partial charge in [-0.15, -0.1) is 11.8 Å². The van der Waals surface area contributed by atoms with E-state index < -0.39 is 5.82 Å². The molecule has 1 aliphatic heterocycles. The van der Waals surface area contributed by atoms with Crippen LogP contribution in [0.25, 0.3) is 0 Å². The fraction of sp³-hybridized carbons (Fsp3) is 0.250. The first-order valence-corrected chi connectivity index (χ1v) is 8.33. The van der Waals surface area contributed by atoms with E-state index in [2.05, 4.69) is 4.98 Å². The average Bonchev–Trinajstić information content (AvgIpc) is 2.90. The fourth-order valence-corrected chi connectivity index (χ4v) is 3.83. The minimum Gasteiger partial charge on any atom is -0.325 e. The number of amides is 1. The minimum absolute atomic E-state index is 0.0876. The van der Waals surface area contributed by atoms with Crippen molar-refractivity contribution >= 4 is 29.3 Å². The monoisotopic (exact) mass is 336 g/mol. The number of rotatable bonds is 4. The average molecular weight is 337 g/mol. The van der Waals surface area contributed by atoms with Crippen LogP contribution < -0.4 is 0 Å². The van der Waals surface area contributed by atoms with Gasteiger partial charge in [-0.1, -0.05) is 23.7 Å². The fourth-order valence-electron chi connectivity index (χ4n) is 2.43. The van der Waals surface area contributed by atoms with Crippen LogP contribution in [0.15, 0.2) is 42.7 Å².